The maximum Gasteiger partial charge on any atom is 0.319 e. The summed E-state index contributed by atoms with van der Waals surface area (Å²) < 4.78 is 0. The van der Waals surface area contributed by atoms with E-state index in [9.17, 15) is 9.59 Å². The van der Waals surface area contributed by atoms with E-state index in [-0.39, 0.29) is 5.91 Å². The van der Waals surface area contributed by atoms with Gasteiger partial charge in [0.1, 0.15) is 5.41 Å². The Balaban J connectivity index is 1.67. The quantitative estimate of drug-likeness (QED) is 0.709. The number of nitrogens with one attached hydrogen (secondary N) is 1. The molecule has 1 heterocycles. The average Bonchev–Trinajstić information content (AvgIpc) is 3.13. The lowest BCUT2D eigenvalue weighted by molar-refractivity contribution is -0.149. The normalized spacial score (nSPS) is 23.6. The number of nitrogens with zero attached hydrogens (tertiary/aromatic N) is 1. The molecule has 0 bridgehead atoms. The van der Waals surface area contributed by atoms with Gasteiger partial charge < -0.3 is 15.3 Å². The minimum absolute atomic E-state index is 0.289. The maximum atomic E-state index is 11.8. The second-order valence-electron chi connectivity index (χ2n) is 5.68. The molecule has 1 amide bonds. The molecule has 2 fully saturated rings. The Bertz CT molecular complexity index is 331. The highest BCUT2D eigenvalue weighted by atomic mass is 16.4. The molecule has 1 saturated carbocycles. The summed E-state index contributed by atoms with van der Waals surface area (Å²) in [5.41, 5.74) is -1.09. The van der Waals surface area contributed by atoms with Crippen LogP contribution in [-0.4, -0.2) is 48.6 Å². The van der Waals surface area contributed by atoms with E-state index in [2.05, 4.69) is 17.3 Å². The predicted molar refractivity (Wildman–Crippen MR) is 67.2 cm³/mol. The van der Waals surface area contributed by atoms with Gasteiger partial charge in [0.05, 0.1) is 0 Å². The summed E-state index contributed by atoms with van der Waals surface area (Å²) in [4.78, 5) is 25.0. The van der Waals surface area contributed by atoms with Gasteiger partial charge in [0.15, 0.2) is 0 Å². The summed E-state index contributed by atoms with van der Waals surface area (Å²) >= 11 is 0. The summed E-state index contributed by atoms with van der Waals surface area (Å²) in [7, 11) is 2.13. The van der Waals surface area contributed by atoms with Crippen LogP contribution in [-0.2, 0) is 9.59 Å². The zero-order valence-corrected chi connectivity index (χ0v) is 10.9. The summed E-state index contributed by atoms with van der Waals surface area (Å²) in [6.07, 6.45) is 4.30. The first kappa shape index (κ1) is 13.3. The van der Waals surface area contributed by atoms with Crippen LogP contribution in [0.5, 0.6) is 0 Å². The van der Waals surface area contributed by atoms with Crippen molar-refractivity contribution < 1.29 is 14.7 Å². The first-order valence-corrected chi connectivity index (χ1v) is 6.75. The van der Waals surface area contributed by atoms with Crippen molar-refractivity contribution in [2.45, 2.75) is 32.1 Å². The highest BCUT2D eigenvalue weighted by Gasteiger charge is 2.56. The van der Waals surface area contributed by atoms with Crippen LogP contribution in [0.1, 0.15) is 32.1 Å². The van der Waals surface area contributed by atoms with Crippen LogP contribution in [0.2, 0.25) is 0 Å². The van der Waals surface area contributed by atoms with E-state index in [1.54, 1.807) is 0 Å². The van der Waals surface area contributed by atoms with Crippen molar-refractivity contribution in [3.8, 4) is 0 Å². The molecule has 0 aromatic rings. The van der Waals surface area contributed by atoms with E-state index >= 15 is 0 Å². The molecule has 1 aliphatic carbocycles. The van der Waals surface area contributed by atoms with E-state index in [4.69, 9.17) is 5.11 Å². The van der Waals surface area contributed by atoms with Crippen molar-refractivity contribution in [1.82, 2.24) is 10.2 Å². The highest BCUT2D eigenvalue weighted by molar-refractivity contribution is 6.04. The third-order valence-electron chi connectivity index (χ3n) is 4.27. The topological polar surface area (TPSA) is 69.6 Å². The maximum absolute atomic E-state index is 11.8. The molecule has 0 aromatic heterocycles. The van der Waals surface area contributed by atoms with Gasteiger partial charge in [-0.05, 0) is 58.2 Å². The Morgan fingerprint density at radius 3 is 2.44 bits per heavy atom. The van der Waals surface area contributed by atoms with Gasteiger partial charge in [-0.1, -0.05) is 0 Å². The third kappa shape index (κ3) is 2.83. The number of hydrogen-bond donors (Lipinski definition) is 2. The Hall–Kier alpha value is -1.10. The van der Waals surface area contributed by atoms with Gasteiger partial charge in [0.25, 0.3) is 0 Å². The molecule has 0 aromatic carbocycles. The molecular formula is C13H22N2O3. The number of amides is 1. The Labute approximate surface area is 108 Å². The van der Waals surface area contributed by atoms with Crippen LogP contribution in [0, 0.1) is 11.3 Å². The summed E-state index contributed by atoms with van der Waals surface area (Å²) in [5, 5.41) is 11.8. The van der Waals surface area contributed by atoms with E-state index in [0.29, 0.717) is 25.3 Å². The largest absolute Gasteiger partial charge is 0.480 e. The molecule has 102 valence electrons. The van der Waals surface area contributed by atoms with Crippen LogP contribution >= 0.6 is 0 Å². The molecule has 0 unspecified atom stereocenters. The fraction of sp³-hybridized carbons (Fsp3) is 0.846. The SMILES string of the molecule is CN1CCC(CCNC(=O)C2(C(=O)O)CC2)CC1. The summed E-state index contributed by atoms with van der Waals surface area (Å²) in [6.45, 7) is 2.86. The van der Waals surface area contributed by atoms with Gasteiger partial charge in [0, 0.05) is 6.54 Å². The van der Waals surface area contributed by atoms with Crippen LogP contribution < -0.4 is 5.32 Å². The van der Waals surface area contributed by atoms with Crippen molar-refractivity contribution in [1.29, 1.82) is 0 Å². The molecule has 18 heavy (non-hydrogen) atoms. The molecule has 5 nitrogen and oxygen atoms in total. The lowest BCUT2D eigenvalue weighted by Gasteiger charge is -2.29. The van der Waals surface area contributed by atoms with Gasteiger partial charge in [-0.15, -0.1) is 0 Å². The monoisotopic (exact) mass is 254 g/mol. The van der Waals surface area contributed by atoms with E-state index < -0.39 is 11.4 Å². The highest BCUT2D eigenvalue weighted by Crippen LogP contribution is 2.46. The van der Waals surface area contributed by atoms with Crippen molar-refractivity contribution in [3.63, 3.8) is 0 Å². The molecular weight excluding hydrogens is 232 g/mol. The molecule has 0 spiro atoms. The summed E-state index contributed by atoms with van der Waals surface area (Å²) in [5.74, 6) is -0.594. The number of likely N-dealkylation sites (tertiary alicyclic amines) is 1. The zero-order chi connectivity index (χ0) is 13.2. The Kier molecular flexibility index (Phi) is 3.90. The smallest absolute Gasteiger partial charge is 0.319 e. The van der Waals surface area contributed by atoms with Crippen molar-refractivity contribution in [2.24, 2.45) is 11.3 Å². The molecule has 5 heteroatoms. The van der Waals surface area contributed by atoms with Crippen molar-refractivity contribution >= 4 is 11.9 Å². The van der Waals surface area contributed by atoms with Gasteiger partial charge >= 0.3 is 5.97 Å². The second kappa shape index (κ2) is 5.26. The molecule has 2 aliphatic rings. The molecule has 1 saturated heterocycles. The second-order valence-corrected chi connectivity index (χ2v) is 5.68. The number of aliphatic carboxylic acids is 1. The lowest BCUT2D eigenvalue weighted by atomic mass is 9.94. The van der Waals surface area contributed by atoms with E-state index in [0.717, 1.165) is 19.5 Å². The first-order chi connectivity index (χ1) is 8.54. The van der Waals surface area contributed by atoms with Crippen molar-refractivity contribution in [3.05, 3.63) is 0 Å². The van der Waals surface area contributed by atoms with Crippen LogP contribution in [0.15, 0.2) is 0 Å². The number of hydrogen-bond acceptors (Lipinski definition) is 3. The van der Waals surface area contributed by atoms with Gasteiger partial charge in [-0.2, -0.15) is 0 Å². The predicted octanol–water partition coefficient (Wildman–Crippen LogP) is 0.699. The summed E-state index contributed by atoms with van der Waals surface area (Å²) in [6, 6.07) is 0. The standard InChI is InChI=1S/C13H22N2O3/c1-15-8-3-10(4-9-15)2-7-14-11(16)13(5-6-13)12(17)18/h10H,2-9H2,1H3,(H,14,16)(H,17,18). The van der Waals surface area contributed by atoms with Gasteiger partial charge in [-0.25, -0.2) is 0 Å². The number of piperidine rings is 1. The van der Waals surface area contributed by atoms with Gasteiger partial charge in [0.2, 0.25) is 5.91 Å². The fourth-order valence-corrected chi connectivity index (χ4v) is 2.57. The van der Waals surface area contributed by atoms with Crippen LogP contribution in [0.3, 0.4) is 0 Å². The van der Waals surface area contributed by atoms with Gasteiger partial charge in [-0.3, -0.25) is 9.59 Å². The average molecular weight is 254 g/mol. The molecule has 2 N–H and O–H groups in total. The Morgan fingerprint density at radius 2 is 1.94 bits per heavy atom. The zero-order valence-electron chi connectivity index (χ0n) is 10.9. The fourth-order valence-electron chi connectivity index (χ4n) is 2.57. The van der Waals surface area contributed by atoms with Crippen LogP contribution in [0.25, 0.3) is 0 Å². The molecule has 2 rings (SSSR count). The van der Waals surface area contributed by atoms with Crippen molar-refractivity contribution in [2.75, 3.05) is 26.7 Å². The molecule has 1 aliphatic heterocycles. The first-order valence-electron chi connectivity index (χ1n) is 6.75. The molecule has 0 atom stereocenters. The Morgan fingerprint density at radius 1 is 1.33 bits per heavy atom. The minimum Gasteiger partial charge on any atom is -0.480 e. The number of carboxylic acid groups (broad SMARTS) is 1. The van der Waals surface area contributed by atoms with E-state index in [1.807, 2.05) is 0 Å². The third-order valence-corrected chi connectivity index (χ3v) is 4.27. The number of carbonyl (C=O) groups excluding carboxylic acids is 1. The molecule has 0 radical (unpaired) electrons. The number of carboxylic acids is 1. The number of rotatable bonds is 5. The van der Waals surface area contributed by atoms with Crippen LogP contribution in [0.4, 0.5) is 0 Å². The van der Waals surface area contributed by atoms with E-state index in [1.165, 1.54) is 12.8 Å². The number of carbonyl (C=O) groups is 2. The minimum atomic E-state index is -1.09. The lowest BCUT2D eigenvalue weighted by Crippen LogP contribution is -2.38.